The molecule has 1 heterocycles. The van der Waals surface area contributed by atoms with Gasteiger partial charge in [-0.3, -0.25) is 0 Å². The van der Waals surface area contributed by atoms with Crippen molar-refractivity contribution in [3.63, 3.8) is 0 Å². The van der Waals surface area contributed by atoms with Gasteiger partial charge in [-0.2, -0.15) is 5.10 Å². The molecule has 0 aliphatic carbocycles. The molecule has 1 aromatic heterocycles. The van der Waals surface area contributed by atoms with Crippen LogP contribution in [0.15, 0.2) is 67.0 Å². The summed E-state index contributed by atoms with van der Waals surface area (Å²) in [5.41, 5.74) is 2.52. The highest BCUT2D eigenvalue weighted by atomic mass is 35.5. The lowest BCUT2D eigenvalue weighted by molar-refractivity contribution is 0.626. The number of nitrogens with zero attached hydrogens (tertiary/aromatic N) is 2. The maximum absolute atomic E-state index is 13.2. The van der Waals surface area contributed by atoms with Crippen molar-refractivity contribution in [3.8, 4) is 5.69 Å². The van der Waals surface area contributed by atoms with Gasteiger partial charge in [0.2, 0.25) is 0 Å². The average Bonchev–Trinajstić information content (AvgIpc) is 2.97. The summed E-state index contributed by atoms with van der Waals surface area (Å²) >= 11 is 6.38. The fraction of sp³-hybridized carbons (Fsp3) is 0.0625. The van der Waals surface area contributed by atoms with Gasteiger partial charge in [-0.15, -0.1) is 11.6 Å². The Morgan fingerprint density at radius 1 is 1.00 bits per heavy atom. The first-order valence-corrected chi connectivity index (χ1v) is 6.67. The average molecular weight is 287 g/mol. The van der Waals surface area contributed by atoms with Crippen molar-refractivity contribution in [3.05, 3.63) is 83.9 Å². The maximum atomic E-state index is 13.2. The van der Waals surface area contributed by atoms with Crippen molar-refractivity contribution < 1.29 is 4.39 Å². The molecule has 0 saturated carbocycles. The quantitative estimate of drug-likeness (QED) is 0.655. The summed E-state index contributed by atoms with van der Waals surface area (Å²) in [4.78, 5) is 0. The zero-order valence-electron chi connectivity index (χ0n) is 10.6. The second-order valence-corrected chi connectivity index (χ2v) is 4.91. The Bertz CT molecular complexity index is 709. The summed E-state index contributed by atoms with van der Waals surface area (Å²) in [7, 11) is 0. The molecule has 3 rings (SSSR count). The lowest BCUT2D eigenvalue weighted by Gasteiger charge is -2.07. The second kappa shape index (κ2) is 5.47. The topological polar surface area (TPSA) is 17.8 Å². The number of alkyl halides is 1. The zero-order valence-corrected chi connectivity index (χ0v) is 11.3. The molecule has 0 fully saturated rings. The number of aromatic nitrogens is 2. The van der Waals surface area contributed by atoms with Crippen LogP contribution in [0.4, 0.5) is 4.39 Å². The molecular formula is C16H12ClFN2. The second-order valence-electron chi connectivity index (χ2n) is 4.47. The van der Waals surface area contributed by atoms with Crippen LogP contribution >= 0.6 is 11.6 Å². The summed E-state index contributed by atoms with van der Waals surface area (Å²) in [6.07, 6.45) is 3.56. The van der Waals surface area contributed by atoms with Gasteiger partial charge in [0.25, 0.3) is 0 Å². The maximum Gasteiger partial charge on any atom is 0.123 e. The zero-order chi connectivity index (χ0) is 13.9. The van der Waals surface area contributed by atoms with E-state index in [1.807, 2.05) is 36.5 Å². The molecule has 0 aliphatic heterocycles. The lowest BCUT2D eigenvalue weighted by Crippen LogP contribution is -1.94. The van der Waals surface area contributed by atoms with Crippen LogP contribution in [0.2, 0.25) is 0 Å². The molecule has 4 heteroatoms. The highest BCUT2D eigenvalue weighted by molar-refractivity contribution is 6.22. The summed E-state index contributed by atoms with van der Waals surface area (Å²) in [6.45, 7) is 0. The minimum atomic E-state index is -0.414. The molecule has 0 aliphatic rings. The van der Waals surface area contributed by atoms with Crippen LogP contribution in [0.3, 0.4) is 0 Å². The first kappa shape index (κ1) is 12.9. The number of para-hydroxylation sites is 1. The van der Waals surface area contributed by atoms with Gasteiger partial charge < -0.3 is 0 Å². The van der Waals surface area contributed by atoms with E-state index in [1.165, 1.54) is 12.1 Å². The molecule has 0 amide bonds. The standard InChI is InChI=1S/C16H12ClFN2/c17-16(12-5-4-6-14(18)9-12)13-10-19-20(11-13)15-7-2-1-3-8-15/h1-11,16H. The number of halogens is 2. The summed E-state index contributed by atoms with van der Waals surface area (Å²) in [6, 6.07) is 16.1. The fourth-order valence-corrected chi connectivity index (χ4v) is 2.29. The molecule has 0 bridgehead atoms. The van der Waals surface area contributed by atoms with Crippen molar-refractivity contribution in [2.24, 2.45) is 0 Å². The van der Waals surface area contributed by atoms with Gasteiger partial charge >= 0.3 is 0 Å². The first-order chi connectivity index (χ1) is 9.74. The molecule has 2 nitrogen and oxygen atoms in total. The van der Waals surface area contributed by atoms with Gasteiger partial charge in [-0.05, 0) is 29.8 Å². The molecule has 0 N–H and O–H groups in total. The lowest BCUT2D eigenvalue weighted by atomic mass is 10.1. The van der Waals surface area contributed by atoms with Gasteiger partial charge in [-0.25, -0.2) is 9.07 Å². The van der Waals surface area contributed by atoms with E-state index in [0.29, 0.717) is 0 Å². The Balaban J connectivity index is 1.90. The number of rotatable bonds is 3. The summed E-state index contributed by atoms with van der Waals surface area (Å²) in [5, 5.41) is 3.88. The van der Waals surface area contributed by atoms with Gasteiger partial charge in [0.1, 0.15) is 5.82 Å². The molecule has 1 atom stereocenters. The molecule has 3 aromatic rings. The van der Waals surface area contributed by atoms with E-state index in [4.69, 9.17) is 11.6 Å². The Labute approximate surface area is 121 Å². The summed E-state index contributed by atoms with van der Waals surface area (Å²) < 4.78 is 15.0. The van der Waals surface area contributed by atoms with Crippen molar-refractivity contribution in [1.82, 2.24) is 9.78 Å². The van der Waals surface area contributed by atoms with Crippen LogP contribution in [0.5, 0.6) is 0 Å². The fourth-order valence-electron chi connectivity index (χ4n) is 2.05. The minimum Gasteiger partial charge on any atom is -0.241 e. The van der Waals surface area contributed by atoms with Gasteiger partial charge in [-0.1, -0.05) is 30.3 Å². The Morgan fingerprint density at radius 2 is 1.80 bits per heavy atom. The first-order valence-electron chi connectivity index (χ1n) is 6.23. The van der Waals surface area contributed by atoms with E-state index < -0.39 is 5.38 Å². The normalized spacial score (nSPS) is 12.3. The third kappa shape index (κ3) is 2.58. The van der Waals surface area contributed by atoms with Crippen LogP contribution in [-0.4, -0.2) is 9.78 Å². The molecule has 0 radical (unpaired) electrons. The predicted molar refractivity (Wildman–Crippen MR) is 77.7 cm³/mol. The van der Waals surface area contributed by atoms with Gasteiger partial charge in [0, 0.05) is 11.8 Å². The minimum absolute atomic E-state index is 0.288. The summed E-state index contributed by atoms with van der Waals surface area (Å²) in [5.74, 6) is -0.288. The van der Waals surface area contributed by atoms with Crippen molar-refractivity contribution in [2.45, 2.75) is 5.38 Å². The smallest absolute Gasteiger partial charge is 0.123 e. The highest BCUT2D eigenvalue weighted by Gasteiger charge is 2.14. The SMILES string of the molecule is Fc1cccc(C(Cl)c2cnn(-c3ccccc3)c2)c1. The molecule has 1 unspecified atom stereocenters. The van der Waals surface area contributed by atoms with Crippen molar-refractivity contribution in [2.75, 3.05) is 0 Å². The van der Waals surface area contributed by atoms with E-state index in [0.717, 1.165) is 16.8 Å². The largest absolute Gasteiger partial charge is 0.241 e. The highest BCUT2D eigenvalue weighted by Crippen LogP contribution is 2.29. The Morgan fingerprint density at radius 3 is 2.55 bits per heavy atom. The van der Waals surface area contributed by atoms with Gasteiger partial charge in [0.05, 0.1) is 17.3 Å². The number of hydrogen-bond donors (Lipinski definition) is 0. The third-order valence-corrected chi connectivity index (χ3v) is 3.56. The van der Waals surface area contributed by atoms with E-state index >= 15 is 0 Å². The molecule has 0 spiro atoms. The van der Waals surface area contributed by atoms with Crippen LogP contribution in [0, 0.1) is 5.82 Å². The van der Waals surface area contributed by atoms with Crippen molar-refractivity contribution >= 4 is 11.6 Å². The molecule has 0 saturated heterocycles. The van der Waals surface area contributed by atoms with E-state index in [1.54, 1.807) is 23.0 Å². The molecule has 2 aromatic carbocycles. The molecular weight excluding hydrogens is 275 g/mol. The number of hydrogen-bond acceptors (Lipinski definition) is 1. The Hall–Kier alpha value is -2.13. The predicted octanol–water partition coefficient (Wildman–Crippen LogP) is 4.34. The Kier molecular flexibility index (Phi) is 3.52. The van der Waals surface area contributed by atoms with Gasteiger partial charge in [0.15, 0.2) is 0 Å². The molecule has 20 heavy (non-hydrogen) atoms. The van der Waals surface area contributed by atoms with Crippen LogP contribution < -0.4 is 0 Å². The van der Waals surface area contributed by atoms with E-state index in [-0.39, 0.29) is 5.82 Å². The van der Waals surface area contributed by atoms with Crippen molar-refractivity contribution in [1.29, 1.82) is 0 Å². The van der Waals surface area contributed by atoms with E-state index in [2.05, 4.69) is 5.10 Å². The molecule has 100 valence electrons. The van der Waals surface area contributed by atoms with Crippen LogP contribution in [-0.2, 0) is 0 Å². The van der Waals surface area contributed by atoms with Crippen LogP contribution in [0.1, 0.15) is 16.5 Å². The monoisotopic (exact) mass is 286 g/mol. The number of benzene rings is 2. The van der Waals surface area contributed by atoms with E-state index in [9.17, 15) is 4.39 Å². The van der Waals surface area contributed by atoms with Crippen LogP contribution in [0.25, 0.3) is 5.69 Å². The third-order valence-electron chi connectivity index (χ3n) is 3.06.